The molecule has 2 N–H and O–H groups in total. The zero-order valence-corrected chi connectivity index (χ0v) is 17.7. The first-order valence-electron chi connectivity index (χ1n) is 10.7. The molecule has 7 nitrogen and oxygen atoms in total. The molecule has 156 valence electrons. The van der Waals surface area contributed by atoms with Gasteiger partial charge in [-0.05, 0) is 46.9 Å². The smallest absolute Gasteiger partial charge is 0.205 e. The van der Waals surface area contributed by atoms with Gasteiger partial charge in [0.1, 0.15) is 6.17 Å². The largest absolute Gasteiger partial charge is 0.362 e. The van der Waals surface area contributed by atoms with Gasteiger partial charge in [0.2, 0.25) is 5.82 Å². The highest BCUT2D eigenvalue weighted by Gasteiger charge is 2.30. The lowest BCUT2D eigenvalue weighted by atomic mass is 9.98. The molecule has 3 heterocycles. The number of nitrogens with one attached hydrogen (secondary N) is 2. The summed E-state index contributed by atoms with van der Waals surface area (Å²) in [6, 6.07) is 18.9. The molecule has 2 aromatic carbocycles. The Morgan fingerprint density at radius 1 is 1.00 bits per heavy atom. The first-order valence-corrected chi connectivity index (χ1v) is 10.7. The van der Waals surface area contributed by atoms with Gasteiger partial charge in [-0.2, -0.15) is 5.21 Å². The molecule has 31 heavy (non-hydrogen) atoms. The quantitative estimate of drug-likeness (QED) is 0.474. The topological polar surface area (TPSA) is 82.6 Å². The Hall–Kier alpha value is -3.74. The normalized spacial score (nSPS) is 15.0. The minimum atomic E-state index is 0.271. The molecule has 1 aliphatic rings. The zero-order valence-electron chi connectivity index (χ0n) is 17.7. The van der Waals surface area contributed by atoms with E-state index in [2.05, 4.69) is 86.1 Å². The van der Waals surface area contributed by atoms with Gasteiger partial charge >= 0.3 is 0 Å². The van der Waals surface area contributed by atoms with Crippen LogP contribution >= 0.6 is 0 Å². The fourth-order valence-electron chi connectivity index (χ4n) is 4.21. The predicted octanol–water partition coefficient (Wildman–Crippen LogP) is 4.80. The van der Waals surface area contributed by atoms with Crippen molar-refractivity contribution in [3.8, 4) is 22.5 Å². The van der Waals surface area contributed by atoms with Crippen molar-refractivity contribution >= 4 is 11.5 Å². The van der Waals surface area contributed by atoms with Gasteiger partial charge in [-0.3, -0.25) is 0 Å². The lowest BCUT2D eigenvalue weighted by Gasteiger charge is -2.26. The van der Waals surface area contributed by atoms with Crippen LogP contribution in [0, 0.1) is 6.92 Å². The SMILES string of the molecule is CCCC1Nc2c(C)ccnc2N1Cc1ccc(-c2ccccc2-c2nn[nH]n2)cc1. The van der Waals surface area contributed by atoms with E-state index in [1.165, 1.54) is 11.1 Å². The summed E-state index contributed by atoms with van der Waals surface area (Å²) in [5.41, 5.74) is 6.82. The lowest BCUT2D eigenvalue weighted by molar-refractivity contribution is 0.606. The summed E-state index contributed by atoms with van der Waals surface area (Å²) in [6.45, 7) is 5.17. The minimum Gasteiger partial charge on any atom is -0.362 e. The Balaban J connectivity index is 1.42. The number of H-pyrrole nitrogens is 1. The second-order valence-electron chi connectivity index (χ2n) is 7.88. The van der Waals surface area contributed by atoms with Crippen molar-refractivity contribution in [2.24, 2.45) is 0 Å². The lowest BCUT2D eigenvalue weighted by Crippen LogP contribution is -2.35. The van der Waals surface area contributed by atoms with Gasteiger partial charge in [-0.15, -0.1) is 10.2 Å². The summed E-state index contributed by atoms with van der Waals surface area (Å²) >= 11 is 0. The van der Waals surface area contributed by atoms with Gasteiger partial charge < -0.3 is 10.2 Å². The molecule has 1 aliphatic heterocycles. The first kappa shape index (κ1) is 19.2. The Labute approximate surface area is 181 Å². The molecule has 2 aromatic heterocycles. The second kappa shape index (κ2) is 8.18. The van der Waals surface area contributed by atoms with Crippen molar-refractivity contribution < 1.29 is 0 Å². The summed E-state index contributed by atoms with van der Waals surface area (Å²) in [6.07, 6.45) is 4.36. The van der Waals surface area contributed by atoms with Crippen LogP contribution < -0.4 is 10.2 Å². The number of aryl methyl sites for hydroxylation is 1. The van der Waals surface area contributed by atoms with Crippen LogP contribution in [0.2, 0.25) is 0 Å². The predicted molar refractivity (Wildman–Crippen MR) is 123 cm³/mol. The molecule has 0 amide bonds. The van der Waals surface area contributed by atoms with Crippen LogP contribution in [0.15, 0.2) is 60.8 Å². The van der Waals surface area contributed by atoms with Crippen LogP contribution in [-0.4, -0.2) is 31.8 Å². The summed E-state index contributed by atoms with van der Waals surface area (Å²) in [7, 11) is 0. The number of pyridine rings is 1. The van der Waals surface area contributed by atoms with Gasteiger partial charge in [0.25, 0.3) is 0 Å². The third-order valence-corrected chi connectivity index (χ3v) is 5.79. The molecule has 0 spiro atoms. The first-order chi connectivity index (χ1) is 15.2. The van der Waals surface area contributed by atoms with Crippen molar-refractivity contribution in [3.05, 3.63) is 71.9 Å². The molecular formula is C24H25N7. The summed E-state index contributed by atoms with van der Waals surface area (Å²) in [5.74, 6) is 1.65. The number of tetrazole rings is 1. The van der Waals surface area contributed by atoms with Crippen LogP contribution in [0.5, 0.6) is 0 Å². The maximum absolute atomic E-state index is 4.68. The molecule has 1 unspecified atom stereocenters. The van der Waals surface area contributed by atoms with Crippen LogP contribution in [0.25, 0.3) is 22.5 Å². The molecule has 0 aliphatic carbocycles. The number of aromatic nitrogens is 5. The molecule has 0 saturated heterocycles. The average Bonchev–Trinajstić information content (AvgIpc) is 3.45. The van der Waals surface area contributed by atoms with Crippen molar-refractivity contribution in [2.45, 2.75) is 39.4 Å². The molecule has 0 saturated carbocycles. The van der Waals surface area contributed by atoms with E-state index in [-0.39, 0.29) is 6.17 Å². The standard InChI is InChI=1S/C24H25N7/c1-3-6-21-26-22-16(2)13-14-25-24(22)31(21)15-17-9-11-18(12-10-17)19-7-4-5-8-20(19)23-27-29-30-28-23/h4-5,7-14,21,26H,3,6,15H2,1-2H3,(H,27,28,29,30). The van der Waals surface area contributed by atoms with Crippen LogP contribution in [-0.2, 0) is 6.54 Å². The molecule has 4 aromatic rings. The maximum atomic E-state index is 4.68. The highest BCUT2D eigenvalue weighted by Crippen LogP contribution is 2.37. The Kier molecular flexibility index (Phi) is 5.08. The number of anilines is 2. The average molecular weight is 412 g/mol. The molecule has 0 bridgehead atoms. The van der Waals surface area contributed by atoms with E-state index in [0.717, 1.165) is 47.6 Å². The second-order valence-corrected chi connectivity index (χ2v) is 7.88. The minimum absolute atomic E-state index is 0.271. The molecule has 5 rings (SSSR count). The monoisotopic (exact) mass is 411 g/mol. The van der Waals surface area contributed by atoms with E-state index in [0.29, 0.717) is 5.82 Å². The van der Waals surface area contributed by atoms with Crippen molar-refractivity contribution in [1.82, 2.24) is 25.6 Å². The van der Waals surface area contributed by atoms with E-state index in [1.54, 1.807) is 0 Å². The summed E-state index contributed by atoms with van der Waals surface area (Å²) in [4.78, 5) is 7.06. The summed E-state index contributed by atoms with van der Waals surface area (Å²) < 4.78 is 0. The van der Waals surface area contributed by atoms with E-state index in [9.17, 15) is 0 Å². The van der Waals surface area contributed by atoms with Gasteiger partial charge in [0.05, 0.1) is 5.69 Å². The number of benzene rings is 2. The molecule has 1 atom stereocenters. The highest BCUT2D eigenvalue weighted by atomic mass is 15.5. The van der Waals surface area contributed by atoms with Gasteiger partial charge in [0, 0.05) is 18.3 Å². The van der Waals surface area contributed by atoms with Crippen molar-refractivity contribution in [2.75, 3.05) is 10.2 Å². The fourth-order valence-corrected chi connectivity index (χ4v) is 4.21. The van der Waals surface area contributed by atoms with Crippen LogP contribution in [0.3, 0.4) is 0 Å². The fraction of sp³-hybridized carbons (Fsp3) is 0.250. The Morgan fingerprint density at radius 2 is 1.81 bits per heavy atom. The van der Waals surface area contributed by atoms with Crippen LogP contribution in [0.4, 0.5) is 11.5 Å². The Morgan fingerprint density at radius 3 is 2.55 bits per heavy atom. The zero-order chi connectivity index (χ0) is 21.2. The third kappa shape index (κ3) is 3.63. The van der Waals surface area contributed by atoms with Crippen molar-refractivity contribution in [3.63, 3.8) is 0 Å². The summed E-state index contributed by atoms with van der Waals surface area (Å²) in [5, 5.41) is 18.2. The van der Waals surface area contributed by atoms with Gasteiger partial charge in [0.15, 0.2) is 5.82 Å². The molecule has 7 heteroatoms. The number of hydrogen-bond acceptors (Lipinski definition) is 6. The molecule has 0 fully saturated rings. The van der Waals surface area contributed by atoms with E-state index in [4.69, 9.17) is 0 Å². The van der Waals surface area contributed by atoms with E-state index >= 15 is 0 Å². The van der Waals surface area contributed by atoms with Crippen LogP contribution in [0.1, 0.15) is 30.9 Å². The molecule has 0 radical (unpaired) electrons. The van der Waals surface area contributed by atoms with Gasteiger partial charge in [-0.1, -0.05) is 61.9 Å². The van der Waals surface area contributed by atoms with E-state index in [1.807, 2.05) is 24.4 Å². The van der Waals surface area contributed by atoms with Crippen molar-refractivity contribution in [1.29, 1.82) is 0 Å². The number of aromatic amines is 1. The number of hydrogen-bond donors (Lipinski definition) is 2. The van der Waals surface area contributed by atoms with E-state index < -0.39 is 0 Å². The molecular weight excluding hydrogens is 386 g/mol. The maximum Gasteiger partial charge on any atom is 0.205 e. The number of nitrogens with zero attached hydrogens (tertiary/aromatic N) is 5. The van der Waals surface area contributed by atoms with Gasteiger partial charge in [-0.25, -0.2) is 4.98 Å². The number of fused-ring (bicyclic) bond motifs is 1. The number of rotatable bonds is 6. The Bertz CT molecular complexity index is 1170. The highest BCUT2D eigenvalue weighted by molar-refractivity contribution is 5.80. The third-order valence-electron chi connectivity index (χ3n) is 5.79.